The number of ether oxygens (including phenoxy) is 2. The van der Waals surface area contributed by atoms with Gasteiger partial charge in [-0.15, -0.1) is 0 Å². The molecule has 0 saturated heterocycles. The first-order valence-corrected chi connectivity index (χ1v) is 8.17. The first-order chi connectivity index (χ1) is 11.1. The highest BCUT2D eigenvalue weighted by Crippen LogP contribution is 2.15. The van der Waals surface area contributed by atoms with Crippen LogP contribution >= 0.6 is 0 Å². The lowest BCUT2D eigenvalue weighted by Gasteiger charge is -2.14. The maximum atomic E-state index is 12.1. The Morgan fingerprint density at radius 1 is 1.13 bits per heavy atom. The van der Waals surface area contributed by atoms with Crippen molar-refractivity contribution in [3.63, 3.8) is 0 Å². The predicted molar refractivity (Wildman–Crippen MR) is 87.4 cm³/mol. The van der Waals surface area contributed by atoms with Crippen molar-refractivity contribution in [2.75, 3.05) is 19.8 Å². The molecule has 5 heteroatoms. The minimum absolute atomic E-state index is 0.0664. The smallest absolute Gasteiger partial charge is 0.338 e. The lowest BCUT2D eigenvalue weighted by atomic mass is 10.0. The van der Waals surface area contributed by atoms with Gasteiger partial charge >= 0.3 is 11.9 Å². The normalized spacial score (nSPS) is 11.8. The Morgan fingerprint density at radius 3 is 2.35 bits per heavy atom. The van der Waals surface area contributed by atoms with Gasteiger partial charge in [-0.2, -0.15) is 0 Å². The van der Waals surface area contributed by atoms with Crippen LogP contribution in [0, 0.1) is 5.92 Å². The first kappa shape index (κ1) is 19.2. The average Bonchev–Trinajstić information content (AvgIpc) is 2.59. The van der Waals surface area contributed by atoms with Crippen LogP contribution in [0.5, 0.6) is 0 Å². The second-order valence-corrected chi connectivity index (χ2v) is 5.46. The van der Waals surface area contributed by atoms with Crippen LogP contribution < -0.4 is 0 Å². The lowest BCUT2D eigenvalue weighted by Crippen LogP contribution is -2.15. The molecule has 1 N–H and O–H groups in total. The van der Waals surface area contributed by atoms with E-state index in [4.69, 9.17) is 14.6 Å². The van der Waals surface area contributed by atoms with Crippen LogP contribution in [0.3, 0.4) is 0 Å². The van der Waals surface area contributed by atoms with Gasteiger partial charge in [0, 0.05) is 0 Å². The highest BCUT2D eigenvalue weighted by atomic mass is 16.5. The van der Waals surface area contributed by atoms with Crippen LogP contribution in [0.1, 0.15) is 60.2 Å². The molecule has 1 aromatic rings. The Bertz CT molecular complexity index is 498. The van der Waals surface area contributed by atoms with Crippen LogP contribution in [0.25, 0.3) is 0 Å². The summed E-state index contributed by atoms with van der Waals surface area (Å²) in [6.07, 6.45) is 4.28. The Morgan fingerprint density at radius 2 is 1.78 bits per heavy atom. The molecule has 0 aliphatic heterocycles. The number of aliphatic hydroxyl groups is 1. The van der Waals surface area contributed by atoms with Crippen molar-refractivity contribution in [1.29, 1.82) is 0 Å². The summed E-state index contributed by atoms with van der Waals surface area (Å²) >= 11 is 0. The lowest BCUT2D eigenvalue weighted by molar-refractivity contribution is 0.0427. The third-order valence-electron chi connectivity index (χ3n) is 3.65. The van der Waals surface area contributed by atoms with Gasteiger partial charge in [0.2, 0.25) is 0 Å². The number of rotatable bonds is 10. The molecule has 0 radical (unpaired) electrons. The molecular formula is C18H26O5. The number of aliphatic hydroxyl groups excluding tert-OH is 1. The highest BCUT2D eigenvalue weighted by Gasteiger charge is 2.14. The Kier molecular flexibility index (Phi) is 8.98. The Hall–Kier alpha value is -1.88. The van der Waals surface area contributed by atoms with Gasteiger partial charge in [-0.3, -0.25) is 0 Å². The largest absolute Gasteiger partial charge is 0.462 e. The van der Waals surface area contributed by atoms with E-state index in [1.807, 2.05) is 0 Å². The Balaban J connectivity index is 2.60. The summed E-state index contributed by atoms with van der Waals surface area (Å²) < 4.78 is 10.2. The zero-order valence-corrected chi connectivity index (χ0v) is 13.9. The molecule has 0 spiro atoms. The SMILES string of the molecule is CCCCC(CC)COC(=O)c1cccc(C(=O)OCCO)c1. The molecule has 1 rings (SSSR count). The van der Waals surface area contributed by atoms with E-state index in [1.165, 1.54) is 6.07 Å². The number of carbonyl (C=O) groups excluding carboxylic acids is 2. The number of esters is 2. The number of hydrogen-bond acceptors (Lipinski definition) is 5. The van der Waals surface area contributed by atoms with E-state index >= 15 is 0 Å². The van der Waals surface area contributed by atoms with Gasteiger partial charge in [-0.1, -0.05) is 39.2 Å². The number of benzene rings is 1. The van der Waals surface area contributed by atoms with Gasteiger partial charge < -0.3 is 14.6 Å². The summed E-state index contributed by atoms with van der Waals surface area (Å²) in [6, 6.07) is 6.24. The van der Waals surface area contributed by atoms with Crippen molar-refractivity contribution >= 4 is 11.9 Å². The third kappa shape index (κ3) is 6.82. The molecule has 1 atom stereocenters. The van der Waals surface area contributed by atoms with Crippen molar-refractivity contribution in [3.05, 3.63) is 35.4 Å². The van der Waals surface area contributed by atoms with Crippen LogP contribution in [-0.2, 0) is 9.47 Å². The molecule has 0 saturated carbocycles. The second kappa shape index (κ2) is 10.8. The minimum atomic E-state index is -0.567. The third-order valence-corrected chi connectivity index (χ3v) is 3.65. The molecule has 0 aliphatic carbocycles. The molecule has 0 heterocycles. The zero-order valence-electron chi connectivity index (χ0n) is 13.9. The fourth-order valence-electron chi connectivity index (χ4n) is 2.17. The number of unbranched alkanes of at least 4 members (excludes halogenated alkanes) is 1. The van der Waals surface area contributed by atoms with Crippen LogP contribution in [-0.4, -0.2) is 36.9 Å². The van der Waals surface area contributed by atoms with Gasteiger partial charge in [0.25, 0.3) is 0 Å². The van der Waals surface area contributed by atoms with Crippen LogP contribution in [0.15, 0.2) is 24.3 Å². The topological polar surface area (TPSA) is 72.8 Å². The molecule has 1 aromatic carbocycles. The van der Waals surface area contributed by atoms with Crippen molar-refractivity contribution in [2.24, 2.45) is 5.92 Å². The summed E-state index contributed by atoms with van der Waals surface area (Å²) in [5.74, 6) is -0.628. The molecule has 0 aliphatic rings. The van der Waals surface area contributed by atoms with Gasteiger partial charge in [0.15, 0.2) is 0 Å². The molecule has 0 aromatic heterocycles. The monoisotopic (exact) mass is 322 g/mol. The quantitative estimate of drug-likeness (QED) is 0.670. The number of hydrogen-bond donors (Lipinski definition) is 1. The Labute approximate surface area is 137 Å². The highest BCUT2D eigenvalue weighted by molar-refractivity contribution is 5.95. The summed E-state index contributed by atoms with van der Waals surface area (Å²) in [7, 11) is 0. The van der Waals surface area contributed by atoms with E-state index < -0.39 is 11.9 Å². The van der Waals surface area contributed by atoms with Crippen LogP contribution in [0.2, 0.25) is 0 Å². The molecule has 5 nitrogen and oxygen atoms in total. The fourth-order valence-corrected chi connectivity index (χ4v) is 2.17. The average molecular weight is 322 g/mol. The summed E-state index contributed by atoms with van der Waals surface area (Å²) in [5, 5.41) is 8.66. The summed E-state index contributed by atoms with van der Waals surface area (Å²) in [4.78, 5) is 23.8. The van der Waals surface area contributed by atoms with E-state index in [1.54, 1.807) is 18.2 Å². The van der Waals surface area contributed by atoms with E-state index in [9.17, 15) is 9.59 Å². The van der Waals surface area contributed by atoms with Crippen LogP contribution in [0.4, 0.5) is 0 Å². The molecular weight excluding hydrogens is 296 g/mol. The van der Waals surface area contributed by atoms with E-state index in [0.717, 1.165) is 25.7 Å². The summed E-state index contributed by atoms with van der Waals surface area (Å²) in [6.45, 7) is 4.33. The fraction of sp³-hybridized carbons (Fsp3) is 0.556. The second-order valence-electron chi connectivity index (χ2n) is 5.46. The molecule has 1 unspecified atom stereocenters. The van der Waals surface area contributed by atoms with Crippen molar-refractivity contribution in [1.82, 2.24) is 0 Å². The van der Waals surface area contributed by atoms with Gasteiger partial charge in [-0.25, -0.2) is 9.59 Å². The maximum absolute atomic E-state index is 12.1. The first-order valence-electron chi connectivity index (χ1n) is 8.17. The van der Waals surface area contributed by atoms with Gasteiger partial charge in [-0.05, 0) is 30.5 Å². The van der Waals surface area contributed by atoms with Gasteiger partial charge in [0.05, 0.1) is 24.3 Å². The molecule has 128 valence electrons. The molecule has 0 amide bonds. The zero-order chi connectivity index (χ0) is 17.1. The van der Waals surface area contributed by atoms with E-state index in [2.05, 4.69) is 13.8 Å². The molecule has 0 bridgehead atoms. The van der Waals surface area contributed by atoms with E-state index in [0.29, 0.717) is 18.1 Å². The van der Waals surface area contributed by atoms with Crippen molar-refractivity contribution in [3.8, 4) is 0 Å². The minimum Gasteiger partial charge on any atom is -0.462 e. The van der Waals surface area contributed by atoms with Crippen molar-refractivity contribution in [2.45, 2.75) is 39.5 Å². The number of carbonyl (C=O) groups is 2. The van der Waals surface area contributed by atoms with Crippen molar-refractivity contribution < 1.29 is 24.2 Å². The maximum Gasteiger partial charge on any atom is 0.338 e. The molecule has 23 heavy (non-hydrogen) atoms. The standard InChI is InChI=1S/C18H26O5/c1-3-5-7-14(4-2)13-23-18(21)16-9-6-8-15(12-16)17(20)22-11-10-19/h6,8-9,12,14,19H,3-5,7,10-11,13H2,1-2H3. The predicted octanol–water partition coefficient (Wildman–Crippen LogP) is 3.21. The van der Waals surface area contributed by atoms with E-state index in [-0.39, 0.29) is 18.8 Å². The van der Waals surface area contributed by atoms with Gasteiger partial charge in [0.1, 0.15) is 6.61 Å². The summed E-state index contributed by atoms with van der Waals surface area (Å²) in [5.41, 5.74) is 0.597. The molecule has 0 fully saturated rings.